The number of H-pyrrole nitrogens is 1. The predicted octanol–water partition coefficient (Wildman–Crippen LogP) is 3.18. The molecule has 4 N–H and O–H groups in total. The summed E-state index contributed by atoms with van der Waals surface area (Å²) in [6, 6.07) is 2.70. The van der Waals surface area contributed by atoms with E-state index in [4.69, 9.17) is 4.74 Å². The molecule has 1 fully saturated rings. The minimum absolute atomic E-state index is 0.0486. The van der Waals surface area contributed by atoms with Crippen molar-refractivity contribution in [3.63, 3.8) is 0 Å². The monoisotopic (exact) mass is 521 g/mol. The van der Waals surface area contributed by atoms with Crippen LogP contribution in [0.25, 0.3) is 10.9 Å². The van der Waals surface area contributed by atoms with E-state index >= 15 is 0 Å². The SMILES string of the molecule is COc1ccc(C)c2[nH]c(C(=O)N[C@@H](CC(C)C)C(=O)N[C@H](C#N)C[C@@H]3CCNC3=O)c(C(F)(F)F)c12. The number of halogens is 3. The highest BCUT2D eigenvalue weighted by atomic mass is 19.4. The van der Waals surface area contributed by atoms with E-state index in [1.54, 1.807) is 26.8 Å². The fraction of sp³-hybridized carbons (Fsp3) is 0.520. The van der Waals surface area contributed by atoms with Crippen molar-refractivity contribution >= 4 is 28.6 Å². The number of aromatic nitrogens is 1. The standard InChI is InChI=1S/C25H30F3N5O4/c1-12(2)9-16(23(35)31-15(11-29)10-14-7-8-30-22(14)34)32-24(36)21-19(25(26,27)28)18-17(37-4)6-5-13(3)20(18)33-21/h5-6,12,14-16,33H,7-10H2,1-4H3,(H,30,34)(H,31,35)(H,32,36)/t14-,15-,16-/m0/s1. The molecule has 0 spiro atoms. The van der Waals surface area contributed by atoms with E-state index in [9.17, 15) is 32.8 Å². The van der Waals surface area contributed by atoms with Gasteiger partial charge in [0.05, 0.1) is 29.6 Å². The molecular formula is C25H30F3N5O4. The average Bonchev–Trinajstić information content (AvgIpc) is 3.42. The zero-order valence-electron chi connectivity index (χ0n) is 21.0. The van der Waals surface area contributed by atoms with Crippen LogP contribution in [0.2, 0.25) is 0 Å². The molecule has 2 heterocycles. The number of nitrogens with one attached hydrogen (secondary N) is 4. The minimum atomic E-state index is -4.89. The number of hydrogen-bond acceptors (Lipinski definition) is 5. The summed E-state index contributed by atoms with van der Waals surface area (Å²) in [4.78, 5) is 40.7. The lowest BCUT2D eigenvalue weighted by Gasteiger charge is -2.22. The third kappa shape index (κ3) is 6.15. The zero-order valence-corrected chi connectivity index (χ0v) is 21.0. The summed E-state index contributed by atoms with van der Waals surface area (Å²) in [6.07, 6.45) is -4.16. The molecule has 3 amide bonds. The smallest absolute Gasteiger partial charge is 0.419 e. The van der Waals surface area contributed by atoms with Crippen molar-refractivity contribution in [2.24, 2.45) is 11.8 Å². The number of hydrogen-bond donors (Lipinski definition) is 4. The molecule has 1 aromatic heterocycles. The van der Waals surface area contributed by atoms with E-state index in [0.29, 0.717) is 18.5 Å². The molecule has 1 saturated heterocycles. The van der Waals surface area contributed by atoms with Crippen molar-refractivity contribution in [2.75, 3.05) is 13.7 Å². The molecule has 0 unspecified atom stereocenters. The fourth-order valence-corrected chi connectivity index (χ4v) is 4.54. The first-order valence-corrected chi connectivity index (χ1v) is 11.9. The molecule has 1 aliphatic heterocycles. The van der Waals surface area contributed by atoms with Gasteiger partial charge in [0.2, 0.25) is 11.8 Å². The van der Waals surface area contributed by atoms with Crippen molar-refractivity contribution in [3.8, 4) is 11.8 Å². The van der Waals surface area contributed by atoms with Gasteiger partial charge >= 0.3 is 6.18 Å². The number of nitrogens with zero attached hydrogens (tertiary/aromatic N) is 1. The van der Waals surface area contributed by atoms with Gasteiger partial charge in [0.1, 0.15) is 23.5 Å². The Morgan fingerprint density at radius 2 is 1.97 bits per heavy atom. The molecule has 1 aliphatic rings. The quantitative estimate of drug-likeness (QED) is 0.402. The van der Waals surface area contributed by atoms with Crippen molar-refractivity contribution in [3.05, 3.63) is 29.0 Å². The lowest BCUT2D eigenvalue weighted by atomic mass is 9.98. The number of carbonyl (C=O) groups is 3. The number of benzene rings is 1. The number of aromatic amines is 1. The van der Waals surface area contributed by atoms with Gasteiger partial charge in [-0.05, 0) is 43.7 Å². The van der Waals surface area contributed by atoms with Gasteiger partial charge < -0.3 is 25.7 Å². The Hall–Kier alpha value is -3.75. The van der Waals surface area contributed by atoms with Gasteiger partial charge in [-0.2, -0.15) is 18.4 Å². The Morgan fingerprint density at radius 1 is 1.27 bits per heavy atom. The van der Waals surface area contributed by atoms with Gasteiger partial charge in [-0.25, -0.2) is 0 Å². The van der Waals surface area contributed by atoms with E-state index in [1.165, 1.54) is 13.2 Å². The topological polar surface area (TPSA) is 136 Å². The number of ether oxygens (including phenoxy) is 1. The molecule has 200 valence electrons. The Balaban J connectivity index is 1.91. The lowest BCUT2D eigenvalue weighted by molar-refractivity contribution is -0.136. The van der Waals surface area contributed by atoms with Crippen molar-refractivity contribution in [1.29, 1.82) is 5.26 Å². The molecule has 2 aromatic rings. The van der Waals surface area contributed by atoms with Crippen LogP contribution in [-0.4, -0.2) is 48.4 Å². The van der Waals surface area contributed by atoms with Crippen LogP contribution in [0.5, 0.6) is 5.75 Å². The first-order chi connectivity index (χ1) is 17.4. The third-order valence-corrected chi connectivity index (χ3v) is 6.34. The van der Waals surface area contributed by atoms with E-state index in [2.05, 4.69) is 20.9 Å². The van der Waals surface area contributed by atoms with Crippen LogP contribution >= 0.6 is 0 Å². The summed E-state index contributed by atoms with van der Waals surface area (Å²) in [7, 11) is 1.24. The maximum atomic E-state index is 14.2. The highest BCUT2D eigenvalue weighted by Crippen LogP contribution is 2.42. The number of nitriles is 1. The van der Waals surface area contributed by atoms with Crippen molar-refractivity contribution < 1.29 is 32.3 Å². The fourth-order valence-electron chi connectivity index (χ4n) is 4.54. The normalized spacial score (nSPS) is 17.3. The molecule has 0 aliphatic carbocycles. The molecule has 3 rings (SSSR count). The number of rotatable bonds is 9. The number of carbonyl (C=O) groups excluding carboxylic acids is 3. The second-order valence-electron chi connectivity index (χ2n) is 9.57. The molecule has 1 aromatic carbocycles. The molecule has 12 heteroatoms. The summed E-state index contributed by atoms with van der Waals surface area (Å²) in [5.41, 5.74) is -1.35. The molecule has 0 bridgehead atoms. The molecule has 0 radical (unpaired) electrons. The third-order valence-electron chi connectivity index (χ3n) is 6.34. The maximum absolute atomic E-state index is 14.2. The number of aryl methyl sites for hydroxylation is 1. The van der Waals surface area contributed by atoms with Crippen LogP contribution in [-0.2, 0) is 15.8 Å². The largest absolute Gasteiger partial charge is 0.496 e. The van der Waals surface area contributed by atoms with Gasteiger partial charge in [0, 0.05) is 12.5 Å². The first-order valence-electron chi connectivity index (χ1n) is 11.9. The zero-order chi connectivity index (χ0) is 27.5. The molecule has 0 saturated carbocycles. The predicted molar refractivity (Wildman–Crippen MR) is 129 cm³/mol. The van der Waals surface area contributed by atoms with E-state index in [1.807, 2.05) is 6.07 Å². The van der Waals surface area contributed by atoms with E-state index in [-0.39, 0.29) is 41.3 Å². The molecule has 37 heavy (non-hydrogen) atoms. The Bertz CT molecular complexity index is 1230. The highest BCUT2D eigenvalue weighted by molar-refractivity contribution is 6.05. The second kappa shape index (κ2) is 11.1. The van der Waals surface area contributed by atoms with Crippen LogP contribution in [0, 0.1) is 30.1 Å². The number of amides is 3. The van der Waals surface area contributed by atoms with Crippen molar-refractivity contribution in [1.82, 2.24) is 20.9 Å². The van der Waals surface area contributed by atoms with E-state index < -0.39 is 47.2 Å². The van der Waals surface area contributed by atoms with Gasteiger partial charge in [0.15, 0.2) is 0 Å². The lowest BCUT2D eigenvalue weighted by Crippen LogP contribution is -2.50. The van der Waals surface area contributed by atoms with Gasteiger partial charge in [-0.3, -0.25) is 14.4 Å². The number of alkyl halides is 3. The van der Waals surface area contributed by atoms with Gasteiger partial charge in [-0.15, -0.1) is 0 Å². The summed E-state index contributed by atoms with van der Waals surface area (Å²) in [6.45, 7) is 5.66. The summed E-state index contributed by atoms with van der Waals surface area (Å²) < 4.78 is 47.6. The Morgan fingerprint density at radius 3 is 2.51 bits per heavy atom. The van der Waals surface area contributed by atoms with Crippen LogP contribution in [0.4, 0.5) is 13.2 Å². The summed E-state index contributed by atoms with van der Waals surface area (Å²) in [5.74, 6) is -2.62. The van der Waals surface area contributed by atoms with Crippen LogP contribution in [0.1, 0.15) is 54.7 Å². The number of fused-ring (bicyclic) bond motifs is 1. The first kappa shape index (κ1) is 27.8. The molecular weight excluding hydrogens is 491 g/mol. The Labute approximate surface area is 212 Å². The number of methoxy groups -OCH3 is 1. The summed E-state index contributed by atoms with van der Waals surface area (Å²) in [5, 5.41) is 16.8. The van der Waals surface area contributed by atoms with Crippen LogP contribution < -0.4 is 20.7 Å². The summed E-state index contributed by atoms with van der Waals surface area (Å²) >= 11 is 0. The van der Waals surface area contributed by atoms with Gasteiger partial charge in [-0.1, -0.05) is 19.9 Å². The average molecular weight is 522 g/mol. The van der Waals surface area contributed by atoms with Gasteiger partial charge in [0.25, 0.3) is 5.91 Å². The Kier molecular flexibility index (Phi) is 8.35. The second-order valence-corrected chi connectivity index (χ2v) is 9.57. The van der Waals surface area contributed by atoms with Crippen molar-refractivity contribution in [2.45, 2.75) is 58.3 Å². The van der Waals surface area contributed by atoms with E-state index in [0.717, 1.165) is 0 Å². The maximum Gasteiger partial charge on any atom is 0.419 e. The highest BCUT2D eigenvalue weighted by Gasteiger charge is 2.41. The minimum Gasteiger partial charge on any atom is -0.496 e. The molecule has 3 atom stereocenters. The molecule has 9 nitrogen and oxygen atoms in total. The van der Waals surface area contributed by atoms with Crippen LogP contribution in [0.3, 0.4) is 0 Å². The van der Waals surface area contributed by atoms with Crippen LogP contribution in [0.15, 0.2) is 12.1 Å².